The zero-order valence-corrected chi connectivity index (χ0v) is 12.9. The van der Waals surface area contributed by atoms with Gasteiger partial charge < -0.3 is 9.84 Å². The average molecular weight is 313 g/mol. The summed E-state index contributed by atoms with van der Waals surface area (Å²) in [5.41, 5.74) is 2.07. The topological polar surface area (TPSA) is 68.0 Å². The third-order valence-electron chi connectivity index (χ3n) is 3.13. The molecule has 3 rings (SSSR count). The third-order valence-corrected chi connectivity index (χ3v) is 4.01. The number of aryl methyl sites for hydroxylation is 1. The van der Waals surface area contributed by atoms with Crippen LogP contribution in [0.5, 0.6) is 0 Å². The molecule has 1 aromatic carbocycles. The van der Waals surface area contributed by atoms with Gasteiger partial charge in [0.15, 0.2) is 0 Å². The van der Waals surface area contributed by atoms with E-state index in [4.69, 9.17) is 4.52 Å². The van der Waals surface area contributed by atoms with Crippen LogP contribution in [0.1, 0.15) is 16.3 Å². The molecule has 2 heterocycles. The van der Waals surface area contributed by atoms with Crippen LogP contribution in [0.2, 0.25) is 0 Å². The highest BCUT2D eigenvalue weighted by Gasteiger charge is 2.10. The minimum atomic E-state index is -0.0578. The van der Waals surface area contributed by atoms with Gasteiger partial charge in [0.25, 0.3) is 0 Å². The van der Waals surface area contributed by atoms with Crippen molar-refractivity contribution in [3.63, 3.8) is 0 Å². The molecule has 2 aromatic heterocycles. The largest absolute Gasteiger partial charge is 0.347 e. The summed E-state index contributed by atoms with van der Waals surface area (Å²) in [4.78, 5) is 17.1. The van der Waals surface area contributed by atoms with E-state index in [2.05, 4.69) is 15.5 Å². The Morgan fingerprint density at radius 3 is 2.82 bits per heavy atom. The quantitative estimate of drug-likeness (QED) is 0.786. The molecule has 0 saturated carbocycles. The molecule has 3 aromatic rings. The molecule has 0 fully saturated rings. The molecule has 6 heteroatoms. The minimum absolute atomic E-state index is 0.0578. The summed E-state index contributed by atoms with van der Waals surface area (Å²) < 4.78 is 5.16. The molecule has 0 bridgehead atoms. The van der Waals surface area contributed by atoms with Gasteiger partial charge in [0.05, 0.1) is 13.0 Å². The van der Waals surface area contributed by atoms with Crippen LogP contribution in [0.15, 0.2) is 46.3 Å². The van der Waals surface area contributed by atoms with Gasteiger partial charge in [0.2, 0.25) is 17.6 Å². The molecule has 0 aliphatic rings. The fourth-order valence-electron chi connectivity index (χ4n) is 1.95. The minimum Gasteiger partial charge on any atom is -0.347 e. The summed E-state index contributed by atoms with van der Waals surface area (Å²) in [6.07, 6.45) is 0.372. The molecule has 0 aliphatic heterocycles. The molecule has 1 N–H and O–H groups in total. The van der Waals surface area contributed by atoms with Crippen molar-refractivity contribution in [2.45, 2.75) is 19.9 Å². The van der Waals surface area contributed by atoms with Gasteiger partial charge in [0.1, 0.15) is 0 Å². The molecular weight excluding hydrogens is 298 g/mol. The molecule has 0 spiro atoms. The lowest BCUT2D eigenvalue weighted by Crippen LogP contribution is -2.24. The fourth-order valence-corrected chi connectivity index (χ4v) is 2.66. The number of amides is 1. The normalized spacial score (nSPS) is 10.6. The molecule has 0 radical (unpaired) electrons. The van der Waals surface area contributed by atoms with Crippen LogP contribution < -0.4 is 5.32 Å². The monoisotopic (exact) mass is 313 g/mol. The van der Waals surface area contributed by atoms with E-state index in [0.717, 1.165) is 10.4 Å². The number of nitrogens with zero attached hydrogens (tertiary/aromatic N) is 2. The Morgan fingerprint density at radius 2 is 2.09 bits per heavy atom. The van der Waals surface area contributed by atoms with E-state index in [9.17, 15) is 4.79 Å². The highest BCUT2D eigenvalue weighted by molar-refractivity contribution is 7.10. The van der Waals surface area contributed by atoms with Gasteiger partial charge in [-0.05, 0) is 18.4 Å². The first-order valence-corrected chi connectivity index (χ1v) is 7.77. The average Bonchev–Trinajstić information content (AvgIpc) is 3.17. The van der Waals surface area contributed by atoms with E-state index in [1.165, 1.54) is 5.56 Å². The Morgan fingerprint density at radius 1 is 1.27 bits per heavy atom. The predicted molar refractivity (Wildman–Crippen MR) is 84.3 cm³/mol. The lowest BCUT2D eigenvalue weighted by molar-refractivity contribution is -0.120. The second-order valence-electron chi connectivity index (χ2n) is 4.91. The molecule has 0 atom stereocenters. The van der Waals surface area contributed by atoms with E-state index in [1.54, 1.807) is 11.3 Å². The van der Waals surface area contributed by atoms with Crippen molar-refractivity contribution in [1.29, 1.82) is 0 Å². The van der Waals surface area contributed by atoms with E-state index in [1.807, 2.05) is 48.7 Å². The Balaban J connectivity index is 1.57. The number of rotatable bonds is 5. The maximum atomic E-state index is 11.8. The van der Waals surface area contributed by atoms with Gasteiger partial charge in [-0.2, -0.15) is 4.98 Å². The summed E-state index contributed by atoms with van der Waals surface area (Å²) in [6.45, 7) is 2.26. The van der Waals surface area contributed by atoms with Crippen LogP contribution in [0.3, 0.4) is 0 Å². The van der Waals surface area contributed by atoms with Crippen LogP contribution >= 0.6 is 11.3 Å². The van der Waals surface area contributed by atoms with Crippen molar-refractivity contribution in [1.82, 2.24) is 15.5 Å². The first kappa shape index (κ1) is 14.5. The molecule has 0 unspecified atom stereocenters. The summed E-state index contributed by atoms with van der Waals surface area (Å²) in [7, 11) is 0. The lowest BCUT2D eigenvalue weighted by atomic mass is 10.1. The number of hydrogen-bond acceptors (Lipinski definition) is 5. The Labute approximate surface area is 132 Å². The number of hydrogen-bond donors (Lipinski definition) is 1. The van der Waals surface area contributed by atoms with E-state index < -0.39 is 0 Å². The smallest absolute Gasteiger partial charge is 0.246 e. The zero-order chi connectivity index (χ0) is 15.4. The van der Waals surface area contributed by atoms with Crippen molar-refractivity contribution in [3.05, 3.63) is 58.1 Å². The van der Waals surface area contributed by atoms with Crippen LogP contribution in [0, 0.1) is 6.92 Å². The molecule has 22 heavy (non-hydrogen) atoms. The van der Waals surface area contributed by atoms with E-state index in [0.29, 0.717) is 18.1 Å². The molecular formula is C16H15N3O2S. The van der Waals surface area contributed by atoms with E-state index in [-0.39, 0.29) is 12.5 Å². The van der Waals surface area contributed by atoms with Crippen molar-refractivity contribution < 1.29 is 9.32 Å². The summed E-state index contributed by atoms with van der Waals surface area (Å²) in [5.74, 6) is 0.871. The Hall–Kier alpha value is -2.47. The van der Waals surface area contributed by atoms with Crippen LogP contribution in [-0.4, -0.2) is 16.0 Å². The van der Waals surface area contributed by atoms with Crippen molar-refractivity contribution in [3.8, 4) is 11.4 Å². The van der Waals surface area contributed by atoms with Gasteiger partial charge in [-0.15, -0.1) is 11.3 Å². The van der Waals surface area contributed by atoms with Crippen LogP contribution in [0.4, 0.5) is 0 Å². The SMILES string of the molecule is Cc1ccc(-c2noc(CNC(=O)Cc3cccs3)n2)cc1. The molecule has 5 nitrogen and oxygen atoms in total. The first-order chi connectivity index (χ1) is 10.7. The second-order valence-corrected chi connectivity index (χ2v) is 5.94. The molecule has 1 amide bonds. The summed E-state index contributed by atoms with van der Waals surface area (Å²) in [5, 5.41) is 8.67. The lowest BCUT2D eigenvalue weighted by Gasteiger charge is -2.00. The molecule has 0 aliphatic carbocycles. The Kier molecular flexibility index (Phi) is 4.29. The van der Waals surface area contributed by atoms with Gasteiger partial charge in [0, 0.05) is 10.4 Å². The number of benzene rings is 1. The zero-order valence-electron chi connectivity index (χ0n) is 12.1. The molecule has 0 saturated heterocycles. The highest BCUT2D eigenvalue weighted by atomic mass is 32.1. The van der Waals surface area contributed by atoms with Crippen LogP contribution in [-0.2, 0) is 17.8 Å². The second kappa shape index (κ2) is 6.53. The van der Waals surface area contributed by atoms with Crippen LogP contribution in [0.25, 0.3) is 11.4 Å². The standard InChI is InChI=1S/C16H15N3O2S/c1-11-4-6-12(7-5-11)16-18-15(21-19-16)10-17-14(20)9-13-3-2-8-22-13/h2-8H,9-10H2,1H3,(H,17,20). The predicted octanol–water partition coefficient (Wildman–Crippen LogP) is 2.97. The van der Waals surface area contributed by atoms with Crippen molar-refractivity contribution >= 4 is 17.2 Å². The van der Waals surface area contributed by atoms with Crippen molar-refractivity contribution in [2.75, 3.05) is 0 Å². The Bertz CT molecular complexity index is 748. The number of thiophene rings is 1. The number of carbonyl (C=O) groups is 1. The van der Waals surface area contributed by atoms with E-state index >= 15 is 0 Å². The highest BCUT2D eigenvalue weighted by Crippen LogP contribution is 2.16. The first-order valence-electron chi connectivity index (χ1n) is 6.89. The maximum absolute atomic E-state index is 11.8. The fraction of sp³-hybridized carbons (Fsp3) is 0.188. The van der Waals surface area contributed by atoms with Gasteiger partial charge >= 0.3 is 0 Å². The van der Waals surface area contributed by atoms with Gasteiger partial charge in [-0.25, -0.2) is 0 Å². The third kappa shape index (κ3) is 3.59. The summed E-state index contributed by atoms with van der Waals surface area (Å²) >= 11 is 1.56. The molecule has 112 valence electrons. The number of carbonyl (C=O) groups excluding carboxylic acids is 1. The van der Waals surface area contributed by atoms with Gasteiger partial charge in [-0.1, -0.05) is 41.1 Å². The summed E-state index contributed by atoms with van der Waals surface area (Å²) in [6, 6.07) is 11.7. The number of aromatic nitrogens is 2. The maximum Gasteiger partial charge on any atom is 0.246 e. The van der Waals surface area contributed by atoms with Crippen molar-refractivity contribution in [2.24, 2.45) is 0 Å². The van der Waals surface area contributed by atoms with Gasteiger partial charge in [-0.3, -0.25) is 4.79 Å². The number of nitrogens with one attached hydrogen (secondary N) is 1.